The van der Waals surface area contributed by atoms with Gasteiger partial charge in [0.25, 0.3) is 5.91 Å². The number of likely N-dealkylation sites (N-methyl/N-ethyl adjacent to an activating group) is 1. The topological polar surface area (TPSA) is 49.9 Å². The van der Waals surface area contributed by atoms with Gasteiger partial charge < -0.3 is 14.5 Å². The van der Waals surface area contributed by atoms with Crippen LogP contribution in [0.25, 0.3) is 0 Å². The third-order valence-electron chi connectivity index (χ3n) is 6.62. The minimum absolute atomic E-state index is 0.0254. The van der Waals surface area contributed by atoms with Crippen LogP contribution in [0.3, 0.4) is 0 Å². The summed E-state index contributed by atoms with van der Waals surface area (Å²) >= 11 is 1.64. The number of rotatable bonds is 11. The van der Waals surface area contributed by atoms with Gasteiger partial charge in [0.1, 0.15) is 18.2 Å². The Morgan fingerprint density at radius 1 is 1.23 bits per heavy atom. The molecule has 5 nitrogen and oxygen atoms in total. The van der Waals surface area contributed by atoms with Crippen LogP contribution in [-0.4, -0.2) is 66.4 Å². The largest absolute Gasteiger partial charge is 0.490 e. The summed E-state index contributed by atoms with van der Waals surface area (Å²) in [5.41, 5.74) is 1.22. The molecule has 2 aromatic rings. The van der Waals surface area contributed by atoms with Gasteiger partial charge in [0.15, 0.2) is 0 Å². The average Bonchev–Trinajstić information content (AvgIpc) is 2.89. The van der Waals surface area contributed by atoms with Crippen LogP contribution in [0.5, 0.6) is 5.75 Å². The standard InChI is InChI=1S/C28H35FN2O3S/c1-4-17-34-24-10-7-9-23(19-24)28(33)31-15-12-21(13-16-31)26(30(2)27(32)14-18-35-3)20-22-8-5-6-11-25(22)29/h4-11,19,21,26H,1,12-18,20H2,2-3H3/t26-/m0/s1. The maximum atomic E-state index is 14.5. The normalized spacial score (nSPS) is 14.9. The van der Waals surface area contributed by atoms with E-state index in [1.807, 2.05) is 41.3 Å². The Balaban J connectivity index is 1.69. The number of thioether (sulfide) groups is 1. The molecule has 0 bridgehead atoms. The Kier molecular flexibility index (Phi) is 10.2. The van der Waals surface area contributed by atoms with E-state index in [0.29, 0.717) is 49.4 Å². The smallest absolute Gasteiger partial charge is 0.253 e. The van der Waals surface area contributed by atoms with E-state index in [1.54, 1.807) is 42.1 Å². The number of carbonyl (C=O) groups is 2. The summed E-state index contributed by atoms with van der Waals surface area (Å²) in [5.74, 6) is 1.40. The zero-order chi connectivity index (χ0) is 25.2. The van der Waals surface area contributed by atoms with E-state index in [2.05, 4.69) is 6.58 Å². The molecule has 1 aliphatic heterocycles. The number of amides is 2. The lowest BCUT2D eigenvalue weighted by Gasteiger charge is -2.40. The molecular formula is C28H35FN2O3S. The first kappa shape index (κ1) is 26.8. The monoisotopic (exact) mass is 498 g/mol. The minimum Gasteiger partial charge on any atom is -0.490 e. The fraction of sp³-hybridized carbons (Fsp3) is 0.429. The summed E-state index contributed by atoms with van der Waals surface area (Å²) in [4.78, 5) is 29.7. The highest BCUT2D eigenvalue weighted by molar-refractivity contribution is 7.98. The molecule has 0 aromatic heterocycles. The van der Waals surface area contributed by atoms with Crippen molar-refractivity contribution in [1.29, 1.82) is 0 Å². The summed E-state index contributed by atoms with van der Waals surface area (Å²) in [6.07, 6.45) is 6.11. The molecule has 1 saturated heterocycles. The molecule has 1 heterocycles. The van der Waals surface area contributed by atoms with Gasteiger partial charge in [-0.2, -0.15) is 11.8 Å². The van der Waals surface area contributed by atoms with Crippen molar-refractivity contribution in [3.05, 3.63) is 78.1 Å². The van der Waals surface area contributed by atoms with E-state index in [-0.39, 0.29) is 29.6 Å². The van der Waals surface area contributed by atoms with Crippen LogP contribution in [-0.2, 0) is 11.2 Å². The molecule has 2 amide bonds. The molecule has 0 N–H and O–H groups in total. The van der Waals surface area contributed by atoms with Crippen molar-refractivity contribution in [2.45, 2.75) is 31.7 Å². The number of nitrogens with zero attached hydrogens (tertiary/aromatic N) is 2. The number of piperidine rings is 1. The van der Waals surface area contributed by atoms with Gasteiger partial charge in [0.05, 0.1) is 0 Å². The molecular weight excluding hydrogens is 463 g/mol. The van der Waals surface area contributed by atoms with Crippen molar-refractivity contribution in [2.24, 2.45) is 5.92 Å². The maximum absolute atomic E-state index is 14.5. The molecule has 188 valence electrons. The molecule has 1 aliphatic rings. The number of likely N-dealkylation sites (tertiary alicyclic amines) is 1. The Morgan fingerprint density at radius 3 is 2.66 bits per heavy atom. The lowest BCUT2D eigenvalue weighted by atomic mass is 9.84. The summed E-state index contributed by atoms with van der Waals surface area (Å²) in [7, 11) is 1.83. The van der Waals surface area contributed by atoms with Crippen molar-refractivity contribution in [3.63, 3.8) is 0 Å². The van der Waals surface area contributed by atoms with Crippen LogP contribution >= 0.6 is 11.8 Å². The molecule has 35 heavy (non-hydrogen) atoms. The number of carbonyl (C=O) groups excluding carboxylic acids is 2. The maximum Gasteiger partial charge on any atom is 0.253 e. The Labute approximate surface area is 212 Å². The highest BCUT2D eigenvalue weighted by Crippen LogP contribution is 2.28. The summed E-state index contributed by atoms with van der Waals surface area (Å²) in [6.45, 7) is 5.23. The second kappa shape index (κ2) is 13.3. The van der Waals surface area contributed by atoms with Crippen molar-refractivity contribution in [1.82, 2.24) is 9.80 Å². The van der Waals surface area contributed by atoms with Gasteiger partial charge in [-0.1, -0.05) is 36.9 Å². The molecule has 7 heteroatoms. The first-order valence-corrected chi connectivity index (χ1v) is 13.4. The fourth-order valence-electron chi connectivity index (χ4n) is 4.60. The molecule has 0 spiro atoms. The molecule has 0 unspecified atom stereocenters. The summed E-state index contributed by atoms with van der Waals surface area (Å²) in [5, 5.41) is 0. The SMILES string of the molecule is C=CCOc1cccc(C(=O)N2CCC([C@H](Cc3ccccc3F)N(C)C(=O)CCSC)CC2)c1. The second-order valence-corrected chi connectivity index (χ2v) is 9.85. The lowest BCUT2D eigenvalue weighted by Crippen LogP contribution is -2.48. The fourth-order valence-corrected chi connectivity index (χ4v) is 4.98. The number of hydrogen-bond donors (Lipinski definition) is 0. The third-order valence-corrected chi connectivity index (χ3v) is 7.23. The number of benzene rings is 2. The number of hydrogen-bond acceptors (Lipinski definition) is 4. The number of ether oxygens (including phenoxy) is 1. The first-order chi connectivity index (χ1) is 16.9. The minimum atomic E-state index is -0.242. The van der Waals surface area contributed by atoms with E-state index in [4.69, 9.17) is 4.74 Å². The van der Waals surface area contributed by atoms with Gasteiger partial charge in [0, 0.05) is 43.9 Å². The van der Waals surface area contributed by atoms with Gasteiger partial charge in [-0.3, -0.25) is 9.59 Å². The van der Waals surface area contributed by atoms with Crippen LogP contribution in [0.2, 0.25) is 0 Å². The van der Waals surface area contributed by atoms with Crippen molar-refractivity contribution < 1.29 is 18.7 Å². The predicted octanol–water partition coefficient (Wildman–Crippen LogP) is 5.07. The third kappa shape index (κ3) is 7.34. The van der Waals surface area contributed by atoms with Gasteiger partial charge in [-0.15, -0.1) is 0 Å². The van der Waals surface area contributed by atoms with Crippen LogP contribution < -0.4 is 4.74 Å². The van der Waals surface area contributed by atoms with Gasteiger partial charge in [-0.25, -0.2) is 4.39 Å². The molecule has 1 fully saturated rings. The van der Waals surface area contributed by atoms with Gasteiger partial charge >= 0.3 is 0 Å². The molecule has 1 atom stereocenters. The Hall–Kier alpha value is -2.80. The second-order valence-electron chi connectivity index (χ2n) is 8.87. The zero-order valence-electron chi connectivity index (χ0n) is 20.6. The van der Waals surface area contributed by atoms with Crippen molar-refractivity contribution in [3.8, 4) is 5.75 Å². The zero-order valence-corrected chi connectivity index (χ0v) is 21.4. The van der Waals surface area contributed by atoms with Crippen molar-refractivity contribution >= 4 is 23.6 Å². The molecule has 2 aromatic carbocycles. The van der Waals surface area contributed by atoms with Crippen LogP contribution in [0.1, 0.15) is 35.2 Å². The summed E-state index contributed by atoms with van der Waals surface area (Å²) in [6, 6.07) is 13.9. The van der Waals surface area contributed by atoms with Crippen LogP contribution in [0.4, 0.5) is 4.39 Å². The van der Waals surface area contributed by atoms with Gasteiger partial charge in [0.2, 0.25) is 5.91 Å². The average molecular weight is 499 g/mol. The Bertz CT molecular complexity index is 1010. The van der Waals surface area contributed by atoms with E-state index >= 15 is 0 Å². The highest BCUT2D eigenvalue weighted by atomic mass is 32.2. The van der Waals surface area contributed by atoms with E-state index < -0.39 is 0 Å². The molecule has 0 aliphatic carbocycles. The quantitative estimate of drug-likeness (QED) is 0.406. The van der Waals surface area contributed by atoms with E-state index in [9.17, 15) is 14.0 Å². The van der Waals surface area contributed by atoms with Crippen LogP contribution in [0.15, 0.2) is 61.2 Å². The first-order valence-electron chi connectivity index (χ1n) is 12.1. The molecule has 0 saturated carbocycles. The highest BCUT2D eigenvalue weighted by Gasteiger charge is 2.33. The molecule has 3 rings (SSSR count). The molecule has 0 radical (unpaired) electrons. The van der Waals surface area contributed by atoms with Crippen molar-refractivity contribution in [2.75, 3.05) is 38.8 Å². The number of halogens is 1. The lowest BCUT2D eigenvalue weighted by molar-refractivity contribution is -0.133. The van der Waals surface area contributed by atoms with Crippen LogP contribution in [0, 0.1) is 11.7 Å². The predicted molar refractivity (Wildman–Crippen MR) is 140 cm³/mol. The summed E-state index contributed by atoms with van der Waals surface area (Å²) < 4.78 is 20.0. The Morgan fingerprint density at radius 2 is 1.97 bits per heavy atom. The van der Waals surface area contributed by atoms with E-state index in [0.717, 1.165) is 18.6 Å². The van der Waals surface area contributed by atoms with E-state index in [1.165, 1.54) is 6.07 Å². The van der Waals surface area contributed by atoms with Gasteiger partial charge in [-0.05, 0) is 61.3 Å².